The molecule has 1 atom stereocenters. The Bertz CT molecular complexity index is 1260. The molecule has 1 amide bonds. The molecule has 0 saturated carbocycles. The molecule has 0 N–H and O–H groups in total. The van der Waals surface area contributed by atoms with Crippen molar-refractivity contribution in [3.63, 3.8) is 0 Å². The number of nitrogens with zero attached hydrogens (tertiary/aromatic N) is 2. The number of aromatic nitrogens is 1. The van der Waals surface area contributed by atoms with E-state index in [-0.39, 0.29) is 23.5 Å². The van der Waals surface area contributed by atoms with Crippen LogP contribution in [0.2, 0.25) is 0 Å². The summed E-state index contributed by atoms with van der Waals surface area (Å²) in [7, 11) is 0. The Labute approximate surface area is 192 Å². The lowest BCUT2D eigenvalue weighted by Gasteiger charge is -2.21. The van der Waals surface area contributed by atoms with Crippen molar-refractivity contribution in [1.29, 1.82) is 0 Å². The minimum atomic E-state index is -0.290. The average Bonchev–Trinajstić information content (AvgIpc) is 3.49. The Morgan fingerprint density at radius 3 is 2.18 bits per heavy atom. The van der Waals surface area contributed by atoms with Crippen molar-refractivity contribution in [3.05, 3.63) is 107 Å². The van der Waals surface area contributed by atoms with Gasteiger partial charge in [0.1, 0.15) is 11.6 Å². The summed E-state index contributed by atoms with van der Waals surface area (Å²) in [5, 5.41) is 1.07. The van der Waals surface area contributed by atoms with E-state index in [9.17, 15) is 13.6 Å². The number of carbonyl (C=O) groups excluding carboxylic acids is 1. The maximum Gasteiger partial charge on any atom is 0.223 e. The summed E-state index contributed by atoms with van der Waals surface area (Å²) in [4.78, 5) is 15.1. The van der Waals surface area contributed by atoms with Crippen LogP contribution < -0.4 is 0 Å². The van der Waals surface area contributed by atoms with E-state index in [2.05, 4.69) is 22.9 Å². The molecule has 0 aliphatic carbocycles. The molecule has 1 aliphatic heterocycles. The Kier molecular flexibility index (Phi) is 5.95. The van der Waals surface area contributed by atoms with Crippen LogP contribution in [0.5, 0.6) is 0 Å². The van der Waals surface area contributed by atoms with Gasteiger partial charge in [-0.3, -0.25) is 4.79 Å². The molecule has 1 aliphatic rings. The Morgan fingerprint density at radius 1 is 0.848 bits per heavy atom. The molecule has 1 aromatic heterocycles. The molecule has 3 nitrogen and oxygen atoms in total. The third kappa shape index (κ3) is 4.54. The predicted octanol–water partition coefficient (Wildman–Crippen LogP) is 6.11. The second kappa shape index (κ2) is 9.18. The molecular formula is C28H26F2N2O. The van der Waals surface area contributed by atoms with Gasteiger partial charge in [-0.2, -0.15) is 0 Å². The number of hydrogen-bond donors (Lipinski definition) is 0. The summed E-state index contributed by atoms with van der Waals surface area (Å²) in [6.07, 6.45) is 4.53. The van der Waals surface area contributed by atoms with E-state index in [1.54, 1.807) is 24.3 Å². The normalized spacial score (nSPS) is 14.7. The van der Waals surface area contributed by atoms with E-state index in [1.165, 1.54) is 24.3 Å². The molecule has 5 heteroatoms. The molecule has 1 unspecified atom stereocenters. The average molecular weight is 445 g/mol. The van der Waals surface area contributed by atoms with Crippen LogP contribution in [0.3, 0.4) is 0 Å². The maximum atomic E-state index is 13.7. The summed E-state index contributed by atoms with van der Waals surface area (Å²) >= 11 is 0. The highest BCUT2D eigenvalue weighted by molar-refractivity contribution is 5.87. The van der Waals surface area contributed by atoms with Crippen LogP contribution in [0.25, 0.3) is 10.9 Å². The Morgan fingerprint density at radius 2 is 1.48 bits per heavy atom. The highest BCUT2D eigenvalue weighted by Crippen LogP contribution is 2.36. The van der Waals surface area contributed by atoms with Crippen molar-refractivity contribution < 1.29 is 13.6 Å². The van der Waals surface area contributed by atoms with Gasteiger partial charge in [0.25, 0.3) is 0 Å². The second-order valence-electron chi connectivity index (χ2n) is 8.75. The minimum absolute atomic E-state index is 0.136. The minimum Gasteiger partial charge on any atom is -0.343 e. The standard InChI is InChI=1S/C28H26F2N2O/c29-22-11-7-20(8-12-22)18-32-19-26(24-5-1-2-6-27(24)32)25(21-9-13-23(30)14-10-21)17-28(33)31-15-3-4-16-31/h1-2,5-14,19,25H,3-4,15-18H2. The van der Waals surface area contributed by atoms with E-state index in [4.69, 9.17) is 0 Å². The molecule has 4 aromatic rings. The van der Waals surface area contributed by atoms with Gasteiger partial charge in [0, 0.05) is 49.1 Å². The van der Waals surface area contributed by atoms with Gasteiger partial charge >= 0.3 is 0 Å². The predicted molar refractivity (Wildman–Crippen MR) is 126 cm³/mol. The Hall–Kier alpha value is -3.47. The molecule has 5 rings (SSSR count). The van der Waals surface area contributed by atoms with Crippen LogP contribution in [0.15, 0.2) is 79.0 Å². The number of benzene rings is 3. The summed E-state index contributed by atoms with van der Waals surface area (Å²) in [6.45, 7) is 2.21. The van der Waals surface area contributed by atoms with Crippen molar-refractivity contribution in [2.45, 2.75) is 31.7 Å². The Balaban J connectivity index is 1.56. The molecule has 0 bridgehead atoms. The fraction of sp³-hybridized carbons (Fsp3) is 0.250. The van der Waals surface area contributed by atoms with Gasteiger partial charge in [-0.1, -0.05) is 42.5 Å². The van der Waals surface area contributed by atoms with E-state index >= 15 is 0 Å². The topological polar surface area (TPSA) is 25.2 Å². The zero-order valence-electron chi connectivity index (χ0n) is 18.4. The first-order valence-electron chi connectivity index (χ1n) is 11.4. The van der Waals surface area contributed by atoms with Crippen LogP contribution >= 0.6 is 0 Å². The van der Waals surface area contributed by atoms with Crippen LogP contribution in [0.4, 0.5) is 8.78 Å². The first kappa shape index (κ1) is 21.4. The van der Waals surface area contributed by atoms with E-state index in [0.29, 0.717) is 13.0 Å². The number of carbonyl (C=O) groups is 1. The molecule has 2 heterocycles. The lowest BCUT2D eigenvalue weighted by molar-refractivity contribution is -0.130. The third-order valence-corrected chi connectivity index (χ3v) is 6.57. The number of para-hydroxylation sites is 1. The highest BCUT2D eigenvalue weighted by atomic mass is 19.1. The van der Waals surface area contributed by atoms with Crippen molar-refractivity contribution in [3.8, 4) is 0 Å². The van der Waals surface area contributed by atoms with Crippen molar-refractivity contribution in [2.75, 3.05) is 13.1 Å². The highest BCUT2D eigenvalue weighted by Gasteiger charge is 2.26. The van der Waals surface area contributed by atoms with Crippen LogP contribution in [0, 0.1) is 11.6 Å². The van der Waals surface area contributed by atoms with Crippen molar-refractivity contribution in [1.82, 2.24) is 9.47 Å². The van der Waals surface area contributed by atoms with Gasteiger partial charge in [-0.05, 0) is 59.9 Å². The molecule has 3 aromatic carbocycles. The first-order valence-corrected chi connectivity index (χ1v) is 11.4. The number of halogens is 2. The fourth-order valence-corrected chi connectivity index (χ4v) is 4.84. The number of amides is 1. The van der Waals surface area contributed by atoms with Crippen LogP contribution in [-0.4, -0.2) is 28.5 Å². The largest absolute Gasteiger partial charge is 0.343 e. The van der Waals surface area contributed by atoms with Gasteiger partial charge in [0.05, 0.1) is 0 Å². The maximum absolute atomic E-state index is 13.7. The molecule has 1 fully saturated rings. The number of fused-ring (bicyclic) bond motifs is 1. The number of hydrogen-bond acceptors (Lipinski definition) is 1. The monoisotopic (exact) mass is 444 g/mol. The van der Waals surface area contributed by atoms with Gasteiger partial charge in [0.15, 0.2) is 0 Å². The zero-order chi connectivity index (χ0) is 22.8. The SMILES string of the molecule is O=C(CC(c1ccc(F)cc1)c1cn(Cc2ccc(F)cc2)c2ccccc12)N1CCCC1. The number of rotatable bonds is 6. The first-order chi connectivity index (χ1) is 16.1. The molecule has 0 spiro atoms. The molecule has 33 heavy (non-hydrogen) atoms. The molecular weight excluding hydrogens is 418 g/mol. The van der Waals surface area contributed by atoms with Gasteiger partial charge in [0.2, 0.25) is 5.91 Å². The van der Waals surface area contributed by atoms with Crippen LogP contribution in [0.1, 0.15) is 41.9 Å². The van der Waals surface area contributed by atoms with Gasteiger partial charge in [-0.15, -0.1) is 0 Å². The molecule has 0 radical (unpaired) electrons. The zero-order valence-corrected chi connectivity index (χ0v) is 18.4. The summed E-state index contributed by atoms with van der Waals surface area (Å²) in [6, 6.07) is 21.1. The van der Waals surface area contributed by atoms with Gasteiger partial charge in [-0.25, -0.2) is 8.78 Å². The molecule has 1 saturated heterocycles. The van der Waals surface area contributed by atoms with E-state index in [1.807, 2.05) is 17.0 Å². The van der Waals surface area contributed by atoms with Crippen molar-refractivity contribution in [2.24, 2.45) is 0 Å². The lowest BCUT2D eigenvalue weighted by Crippen LogP contribution is -2.29. The summed E-state index contributed by atoms with van der Waals surface area (Å²) < 4.78 is 29.2. The quantitative estimate of drug-likeness (QED) is 0.352. The number of likely N-dealkylation sites (tertiary alicyclic amines) is 1. The van der Waals surface area contributed by atoms with E-state index < -0.39 is 0 Å². The van der Waals surface area contributed by atoms with Crippen LogP contribution in [-0.2, 0) is 11.3 Å². The summed E-state index contributed by atoms with van der Waals surface area (Å²) in [5.41, 5.74) is 4.02. The van der Waals surface area contributed by atoms with Gasteiger partial charge < -0.3 is 9.47 Å². The summed E-state index contributed by atoms with van der Waals surface area (Å²) in [5.74, 6) is -0.592. The second-order valence-corrected chi connectivity index (χ2v) is 8.75. The third-order valence-electron chi connectivity index (χ3n) is 6.57. The smallest absolute Gasteiger partial charge is 0.223 e. The molecule has 168 valence electrons. The van der Waals surface area contributed by atoms with E-state index in [0.717, 1.165) is 53.5 Å². The van der Waals surface area contributed by atoms with Crippen molar-refractivity contribution >= 4 is 16.8 Å². The lowest BCUT2D eigenvalue weighted by atomic mass is 9.88. The fourth-order valence-electron chi connectivity index (χ4n) is 4.84.